The minimum absolute atomic E-state index is 0.154. The van der Waals surface area contributed by atoms with Crippen LogP contribution < -0.4 is 10.1 Å². The number of carbonyl (C=O) groups excluding carboxylic acids is 1. The van der Waals surface area contributed by atoms with Gasteiger partial charge in [0.15, 0.2) is 9.84 Å². The average Bonchev–Trinajstić information content (AvgIpc) is 3.78. The van der Waals surface area contributed by atoms with Gasteiger partial charge in [0, 0.05) is 52.7 Å². The van der Waals surface area contributed by atoms with Gasteiger partial charge in [0.25, 0.3) is 5.91 Å². The molecule has 7 nitrogen and oxygen atoms in total. The number of nitrogens with zero attached hydrogens (tertiary/aromatic N) is 2. The Kier molecular flexibility index (Phi) is 5.79. The molecule has 2 saturated carbocycles. The third-order valence-corrected chi connectivity index (χ3v) is 8.35. The van der Waals surface area contributed by atoms with E-state index in [1.54, 1.807) is 6.07 Å². The van der Waals surface area contributed by atoms with Gasteiger partial charge in [-0.25, -0.2) is 8.42 Å². The van der Waals surface area contributed by atoms with Gasteiger partial charge in [0.05, 0.1) is 23.7 Å². The highest BCUT2D eigenvalue weighted by Crippen LogP contribution is 2.46. The van der Waals surface area contributed by atoms with Crippen molar-refractivity contribution in [2.75, 3.05) is 12.9 Å². The van der Waals surface area contributed by atoms with E-state index in [0.29, 0.717) is 29.7 Å². The summed E-state index contributed by atoms with van der Waals surface area (Å²) in [6.45, 7) is 0.813. The van der Waals surface area contributed by atoms with Crippen LogP contribution in [-0.4, -0.2) is 37.2 Å². The van der Waals surface area contributed by atoms with E-state index in [0.717, 1.165) is 24.0 Å². The number of rotatable bonds is 7. The van der Waals surface area contributed by atoms with Gasteiger partial charge in [-0.3, -0.25) is 14.8 Å². The van der Waals surface area contributed by atoms with Crippen molar-refractivity contribution in [2.45, 2.75) is 61.3 Å². The van der Waals surface area contributed by atoms with E-state index in [1.807, 2.05) is 18.2 Å². The second kappa shape index (κ2) is 9.00. The fourth-order valence-electron chi connectivity index (χ4n) is 4.86. The molecule has 186 valence electrons. The van der Waals surface area contributed by atoms with Gasteiger partial charge in [0.2, 0.25) is 0 Å². The van der Waals surface area contributed by atoms with Crippen LogP contribution in [0.25, 0.3) is 0 Å². The number of aromatic nitrogens is 2. The number of carbonyl (C=O) groups is 1. The fourth-order valence-corrected chi connectivity index (χ4v) is 5.42. The first kappa shape index (κ1) is 23.2. The molecule has 3 heterocycles. The van der Waals surface area contributed by atoms with Gasteiger partial charge >= 0.3 is 0 Å². The van der Waals surface area contributed by atoms with Gasteiger partial charge in [-0.05, 0) is 74.1 Å². The second-order valence-corrected chi connectivity index (χ2v) is 12.2. The number of pyridine rings is 2. The van der Waals surface area contributed by atoms with Gasteiger partial charge in [0.1, 0.15) is 5.75 Å². The van der Waals surface area contributed by atoms with E-state index in [-0.39, 0.29) is 23.3 Å². The molecule has 1 atom stereocenters. The molecular weight excluding hydrogens is 474 g/mol. The largest absolute Gasteiger partial charge is 0.493 e. The number of ether oxygens (including phenoxy) is 1. The van der Waals surface area contributed by atoms with E-state index in [9.17, 15) is 13.2 Å². The normalized spacial score (nSPS) is 19.3. The average molecular weight is 504 g/mol. The highest BCUT2D eigenvalue weighted by Gasteiger charge is 2.32. The van der Waals surface area contributed by atoms with Gasteiger partial charge < -0.3 is 10.1 Å². The minimum Gasteiger partial charge on any atom is -0.493 e. The van der Waals surface area contributed by atoms with Gasteiger partial charge in [-0.15, -0.1) is 0 Å². The molecule has 1 amide bonds. The number of hydrogen-bond acceptors (Lipinski definition) is 6. The van der Waals surface area contributed by atoms with Crippen LogP contribution in [0.1, 0.15) is 88.4 Å². The van der Waals surface area contributed by atoms with Crippen LogP contribution in [0.2, 0.25) is 0 Å². The van der Waals surface area contributed by atoms with Crippen molar-refractivity contribution in [1.29, 1.82) is 0 Å². The van der Waals surface area contributed by atoms with Crippen LogP contribution in [0.3, 0.4) is 0 Å². The molecule has 2 aliphatic carbocycles. The van der Waals surface area contributed by atoms with Crippen molar-refractivity contribution < 1.29 is 17.9 Å². The highest BCUT2D eigenvalue weighted by molar-refractivity contribution is 7.90. The Morgan fingerprint density at radius 1 is 1.00 bits per heavy atom. The summed E-state index contributed by atoms with van der Waals surface area (Å²) < 4.78 is 29.2. The molecule has 2 fully saturated rings. The lowest BCUT2D eigenvalue weighted by Gasteiger charge is -2.27. The molecule has 1 aliphatic heterocycles. The van der Waals surface area contributed by atoms with Crippen LogP contribution in [-0.2, 0) is 16.4 Å². The maximum absolute atomic E-state index is 12.8. The Morgan fingerprint density at radius 2 is 1.72 bits per heavy atom. The zero-order valence-corrected chi connectivity index (χ0v) is 21.1. The molecule has 0 saturated heterocycles. The van der Waals surface area contributed by atoms with E-state index in [2.05, 4.69) is 22.4 Å². The van der Waals surface area contributed by atoms with Gasteiger partial charge in [-0.2, -0.15) is 0 Å². The minimum atomic E-state index is -3.30. The fraction of sp³-hybridized carbons (Fsp3) is 0.393. The first-order valence-electron chi connectivity index (χ1n) is 12.6. The third-order valence-electron chi connectivity index (χ3n) is 7.25. The molecule has 0 bridgehead atoms. The zero-order valence-electron chi connectivity index (χ0n) is 20.2. The van der Waals surface area contributed by atoms with Crippen molar-refractivity contribution in [3.8, 4) is 5.75 Å². The quantitative estimate of drug-likeness (QED) is 0.511. The van der Waals surface area contributed by atoms with Crippen LogP contribution in [0.15, 0.2) is 53.6 Å². The number of benzene rings is 1. The predicted octanol–water partition coefficient (Wildman–Crippen LogP) is 4.48. The molecule has 3 aliphatic rings. The number of nitrogens with one attached hydrogen (secondary N) is 1. The first-order valence-corrected chi connectivity index (χ1v) is 14.5. The van der Waals surface area contributed by atoms with E-state index < -0.39 is 9.84 Å². The summed E-state index contributed by atoms with van der Waals surface area (Å²) >= 11 is 0. The van der Waals surface area contributed by atoms with E-state index in [1.165, 1.54) is 54.9 Å². The second-order valence-electron chi connectivity index (χ2n) is 10.2. The lowest BCUT2D eigenvalue weighted by Crippen LogP contribution is -2.24. The molecule has 1 N–H and O–H groups in total. The molecule has 0 spiro atoms. The monoisotopic (exact) mass is 503 g/mol. The third kappa shape index (κ3) is 4.87. The molecular formula is C28H29N3O4S. The molecule has 36 heavy (non-hydrogen) atoms. The lowest BCUT2D eigenvalue weighted by molar-refractivity contribution is 0.0949. The molecule has 0 radical (unpaired) electrons. The van der Waals surface area contributed by atoms with Crippen LogP contribution in [0.5, 0.6) is 5.75 Å². The van der Waals surface area contributed by atoms with Crippen LogP contribution in [0, 0.1) is 0 Å². The summed E-state index contributed by atoms with van der Waals surface area (Å²) in [5.74, 6) is 2.00. The number of amides is 1. The highest BCUT2D eigenvalue weighted by atomic mass is 32.2. The molecule has 2 aromatic heterocycles. The maximum atomic E-state index is 12.8. The summed E-state index contributed by atoms with van der Waals surface area (Å²) in [5, 5.41) is 2.86. The topological polar surface area (TPSA) is 98.2 Å². The Labute approximate surface area is 211 Å². The number of fused-ring (bicyclic) bond motifs is 1. The zero-order chi connectivity index (χ0) is 24.9. The maximum Gasteiger partial charge on any atom is 0.251 e. The molecule has 1 aromatic carbocycles. The van der Waals surface area contributed by atoms with Crippen molar-refractivity contribution in [3.05, 3.63) is 82.4 Å². The molecule has 6 rings (SSSR count). The lowest BCUT2D eigenvalue weighted by atomic mass is 9.85. The van der Waals surface area contributed by atoms with Crippen molar-refractivity contribution in [1.82, 2.24) is 15.3 Å². The van der Waals surface area contributed by atoms with E-state index >= 15 is 0 Å². The molecule has 8 heteroatoms. The SMILES string of the molecule is CS(=O)(=O)c1ccc(CNC(=O)c2ccc3c(c2)OCCC3c2cc(C3CC3)nc(C3CC3)c2)nc1. The van der Waals surface area contributed by atoms with Gasteiger partial charge in [-0.1, -0.05) is 6.07 Å². The summed E-state index contributed by atoms with van der Waals surface area (Å²) in [6.07, 6.45) is 8.31. The summed E-state index contributed by atoms with van der Waals surface area (Å²) in [7, 11) is -3.30. The Bertz CT molecular complexity index is 1400. The smallest absolute Gasteiger partial charge is 0.251 e. The Morgan fingerprint density at radius 3 is 2.33 bits per heavy atom. The molecule has 1 unspecified atom stereocenters. The van der Waals surface area contributed by atoms with Crippen molar-refractivity contribution in [3.63, 3.8) is 0 Å². The van der Waals surface area contributed by atoms with Crippen molar-refractivity contribution in [2.24, 2.45) is 0 Å². The summed E-state index contributed by atoms with van der Waals surface area (Å²) in [4.78, 5) is 22.1. The Hall–Kier alpha value is -3.26. The first-order chi connectivity index (χ1) is 17.3. The summed E-state index contributed by atoms with van der Waals surface area (Å²) in [6, 6.07) is 13.4. The number of sulfone groups is 1. The Balaban J connectivity index is 1.19. The van der Waals surface area contributed by atoms with Crippen molar-refractivity contribution >= 4 is 15.7 Å². The van der Waals surface area contributed by atoms with Crippen LogP contribution in [0.4, 0.5) is 0 Å². The van der Waals surface area contributed by atoms with Crippen LogP contribution >= 0.6 is 0 Å². The molecule has 3 aromatic rings. The van der Waals surface area contributed by atoms with E-state index in [4.69, 9.17) is 9.72 Å². The summed E-state index contributed by atoms with van der Waals surface area (Å²) in [5.41, 5.74) is 6.03. The predicted molar refractivity (Wildman–Crippen MR) is 135 cm³/mol. The number of hydrogen-bond donors (Lipinski definition) is 1. The standard InChI is InChI=1S/C28H29N3O4S/c1-36(33,34)22-8-7-21(29-16-22)15-30-28(32)19-6-9-24-23(10-11-35-27(24)14-19)20-12-25(17-2-3-17)31-26(13-20)18-4-5-18/h6-9,12-14,16-18,23H,2-5,10-11,15H2,1H3,(H,30,32).